The van der Waals surface area contributed by atoms with E-state index in [1.54, 1.807) is 39.9 Å². The highest BCUT2D eigenvalue weighted by atomic mass is 32.2. The van der Waals surface area contributed by atoms with Gasteiger partial charge in [-0.15, -0.1) is 11.3 Å². The minimum atomic E-state index is -3.54. The second-order valence-electron chi connectivity index (χ2n) is 8.37. The van der Waals surface area contributed by atoms with E-state index in [4.69, 9.17) is 4.74 Å². The maximum atomic E-state index is 13.0. The Bertz CT molecular complexity index is 987. The van der Waals surface area contributed by atoms with Gasteiger partial charge in [0, 0.05) is 42.7 Å². The number of nitrogens with one attached hydrogen (secondary N) is 1. The van der Waals surface area contributed by atoms with Crippen LogP contribution in [0.5, 0.6) is 0 Å². The first kappa shape index (κ1) is 23.4. The molecule has 2 aromatic rings. The summed E-state index contributed by atoms with van der Waals surface area (Å²) in [6.07, 6.45) is 2.83. The zero-order valence-corrected chi connectivity index (χ0v) is 20.0. The fourth-order valence-electron chi connectivity index (χ4n) is 4.41. The highest BCUT2D eigenvalue weighted by Gasteiger charge is 2.31. The Morgan fingerprint density at radius 2 is 1.91 bits per heavy atom. The van der Waals surface area contributed by atoms with Crippen LogP contribution in [0.2, 0.25) is 0 Å². The smallest absolute Gasteiger partial charge is 0.251 e. The summed E-state index contributed by atoms with van der Waals surface area (Å²) in [5.74, 6) is -0.199. The van der Waals surface area contributed by atoms with Crippen LogP contribution in [0, 0.1) is 0 Å². The second kappa shape index (κ2) is 10.4. The van der Waals surface area contributed by atoms with E-state index in [9.17, 15) is 13.2 Å². The molecule has 2 aliphatic heterocycles. The first-order valence-electron chi connectivity index (χ1n) is 11.2. The lowest BCUT2D eigenvalue weighted by Crippen LogP contribution is -2.43. The van der Waals surface area contributed by atoms with Crippen molar-refractivity contribution in [2.45, 2.75) is 43.2 Å². The SMILES string of the molecule is C[C@H]1CCCCN1S(=O)(=O)c1ccc(C(=O)NC[C@H](c2cccs2)N2CCOCC2)cc1. The number of carbonyl (C=O) groups excluding carboxylic acids is 1. The molecule has 174 valence electrons. The van der Waals surface area contributed by atoms with Crippen LogP contribution in [-0.2, 0) is 14.8 Å². The Morgan fingerprint density at radius 3 is 2.56 bits per heavy atom. The maximum Gasteiger partial charge on any atom is 0.251 e. The monoisotopic (exact) mass is 477 g/mol. The fourth-order valence-corrected chi connectivity index (χ4v) is 6.97. The largest absolute Gasteiger partial charge is 0.379 e. The average molecular weight is 478 g/mol. The van der Waals surface area contributed by atoms with Gasteiger partial charge in [-0.05, 0) is 55.5 Å². The Kier molecular flexibility index (Phi) is 7.63. The number of ether oxygens (including phenoxy) is 1. The van der Waals surface area contributed by atoms with Crippen LogP contribution in [0.3, 0.4) is 0 Å². The minimum absolute atomic E-state index is 0.00565. The van der Waals surface area contributed by atoms with Gasteiger partial charge >= 0.3 is 0 Å². The maximum absolute atomic E-state index is 13.0. The van der Waals surface area contributed by atoms with Crippen molar-refractivity contribution in [2.24, 2.45) is 0 Å². The van der Waals surface area contributed by atoms with Crippen LogP contribution in [0.25, 0.3) is 0 Å². The van der Waals surface area contributed by atoms with Crippen LogP contribution in [0.15, 0.2) is 46.7 Å². The van der Waals surface area contributed by atoms with Crippen LogP contribution >= 0.6 is 11.3 Å². The Morgan fingerprint density at radius 1 is 1.16 bits per heavy atom. The second-order valence-corrected chi connectivity index (χ2v) is 11.2. The Hall–Kier alpha value is -1.78. The number of carbonyl (C=O) groups is 1. The summed E-state index contributed by atoms with van der Waals surface area (Å²) in [5.41, 5.74) is 0.461. The molecule has 2 aliphatic rings. The lowest BCUT2D eigenvalue weighted by Gasteiger charge is -2.34. The molecule has 1 N–H and O–H groups in total. The molecular formula is C23H31N3O4S2. The highest BCUT2D eigenvalue weighted by molar-refractivity contribution is 7.89. The van der Waals surface area contributed by atoms with Gasteiger partial charge in [-0.3, -0.25) is 9.69 Å². The van der Waals surface area contributed by atoms with Crippen molar-refractivity contribution in [3.05, 3.63) is 52.2 Å². The van der Waals surface area contributed by atoms with Crippen molar-refractivity contribution in [1.29, 1.82) is 0 Å². The number of rotatable bonds is 7. The third-order valence-corrected chi connectivity index (χ3v) is 9.28. The summed E-state index contributed by atoms with van der Waals surface area (Å²) < 4.78 is 33.1. The summed E-state index contributed by atoms with van der Waals surface area (Å²) >= 11 is 1.69. The molecule has 9 heteroatoms. The molecule has 2 fully saturated rings. The summed E-state index contributed by atoms with van der Waals surface area (Å²) in [4.78, 5) is 16.6. The number of piperidine rings is 1. The van der Waals surface area contributed by atoms with Gasteiger partial charge < -0.3 is 10.1 Å². The van der Waals surface area contributed by atoms with Gasteiger partial charge in [0.25, 0.3) is 5.91 Å². The number of thiophene rings is 1. The zero-order valence-electron chi connectivity index (χ0n) is 18.4. The van der Waals surface area contributed by atoms with E-state index in [0.29, 0.717) is 31.9 Å². The molecule has 0 spiro atoms. The molecule has 0 bridgehead atoms. The number of hydrogen-bond donors (Lipinski definition) is 1. The van der Waals surface area contributed by atoms with Crippen LogP contribution in [0.1, 0.15) is 47.5 Å². The van der Waals surface area contributed by atoms with E-state index >= 15 is 0 Å². The number of benzene rings is 1. The molecule has 1 amide bonds. The van der Waals surface area contributed by atoms with E-state index < -0.39 is 10.0 Å². The predicted molar refractivity (Wildman–Crippen MR) is 125 cm³/mol. The third-order valence-electron chi connectivity index (χ3n) is 6.28. The molecule has 4 rings (SSSR count). The molecule has 0 saturated carbocycles. The molecule has 0 unspecified atom stereocenters. The van der Waals surface area contributed by atoms with E-state index in [-0.39, 0.29) is 22.9 Å². The topological polar surface area (TPSA) is 79.0 Å². The third kappa shape index (κ3) is 5.23. The van der Waals surface area contributed by atoms with Gasteiger partial charge in [0.15, 0.2) is 0 Å². The van der Waals surface area contributed by atoms with Crippen molar-refractivity contribution >= 4 is 27.3 Å². The van der Waals surface area contributed by atoms with Crippen molar-refractivity contribution in [3.63, 3.8) is 0 Å². The summed E-state index contributed by atoms with van der Waals surface area (Å²) in [7, 11) is -3.54. The van der Waals surface area contributed by atoms with E-state index in [0.717, 1.165) is 32.4 Å². The molecule has 1 aromatic carbocycles. The number of morpholine rings is 1. The van der Waals surface area contributed by atoms with Crippen LogP contribution in [-0.4, -0.2) is 69.0 Å². The van der Waals surface area contributed by atoms with E-state index in [2.05, 4.69) is 16.3 Å². The molecule has 1 aromatic heterocycles. The van der Waals surface area contributed by atoms with Gasteiger partial charge in [0.2, 0.25) is 10.0 Å². The molecule has 7 nitrogen and oxygen atoms in total. The molecule has 0 aliphatic carbocycles. The van der Waals surface area contributed by atoms with Crippen LogP contribution in [0.4, 0.5) is 0 Å². The summed E-state index contributed by atoms with van der Waals surface area (Å²) in [6.45, 7) is 6.06. The normalized spacial score (nSPS) is 21.8. The summed E-state index contributed by atoms with van der Waals surface area (Å²) in [6, 6.07) is 10.5. The first-order chi connectivity index (χ1) is 15.5. The predicted octanol–water partition coefficient (Wildman–Crippen LogP) is 3.11. The number of sulfonamides is 1. The average Bonchev–Trinajstić information content (AvgIpc) is 3.35. The minimum Gasteiger partial charge on any atom is -0.379 e. The standard InChI is InChI=1S/C23H31N3O4S2/c1-18-5-2-3-11-26(18)32(28,29)20-9-7-19(8-10-20)23(27)24-17-21(22-6-4-16-31-22)25-12-14-30-15-13-25/h4,6-10,16,18,21H,2-3,5,11-15,17H2,1H3,(H,24,27)/t18-,21+/m0/s1. The van der Waals surface area contributed by atoms with Crippen molar-refractivity contribution in [1.82, 2.24) is 14.5 Å². The molecule has 2 atom stereocenters. The molecule has 3 heterocycles. The van der Waals surface area contributed by atoms with Crippen LogP contribution < -0.4 is 5.32 Å². The highest BCUT2D eigenvalue weighted by Crippen LogP contribution is 2.27. The Balaban J connectivity index is 1.42. The van der Waals surface area contributed by atoms with E-state index in [1.165, 1.54) is 4.88 Å². The van der Waals surface area contributed by atoms with E-state index in [1.807, 2.05) is 18.4 Å². The molecule has 2 saturated heterocycles. The van der Waals surface area contributed by atoms with Crippen molar-refractivity contribution in [3.8, 4) is 0 Å². The molecular weight excluding hydrogens is 446 g/mol. The van der Waals surface area contributed by atoms with Crippen molar-refractivity contribution in [2.75, 3.05) is 39.4 Å². The number of amides is 1. The molecule has 0 radical (unpaired) electrons. The quantitative estimate of drug-likeness (QED) is 0.663. The zero-order chi connectivity index (χ0) is 22.6. The Labute approximate surface area is 194 Å². The van der Waals surface area contributed by atoms with Gasteiger partial charge in [0.1, 0.15) is 0 Å². The van der Waals surface area contributed by atoms with Crippen molar-refractivity contribution < 1.29 is 17.9 Å². The molecule has 32 heavy (non-hydrogen) atoms. The fraction of sp³-hybridized carbons (Fsp3) is 0.522. The summed E-state index contributed by atoms with van der Waals surface area (Å²) in [5, 5.41) is 5.09. The lowest BCUT2D eigenvalue weighted by molar-refractivity contribution is 0.0169. The lowest BCUT2D eigenvalue weighted by atomic mass is 10.1. The number of hydrogen-bond acceptors (Lipinski definition) is 6. The van der Waals surface area contributed by atoms with Gasteiger partial charge in [-0.1, -0.05) is 12.5 Å². The first-order valence-corrected chi connectivity index (χ1v) is 13.5. The number of nitrogens with zero attached hydrogens (tertiary/aromatic N) is 2. The van der Waals surface area contributed by atoms with Gasteiger partial charge in [-0.25, -0.2) is 8.42 Å². The van der Waals surface area contributed by atoms with Gasteiger partial charge in [-0.2, -0.15) is 4.31 Å². The van der Waals surface area contributed by atoms with Gasteiger partial charge in [0.05, 0.1) is 24.2 Å².